The molecule has 0 spiro atoms. The van der Waals surface area contributed by atoms with Crippen molar-refractivity contribution in [3.05, 3.63) is 93.5 Å². The van der Waals surface area contributed by atoms with Crippen molar-refractivity contribution in [1.82, 2.24) is 4.98 Å². The highest BCUT2D eigenvalue weighted by Crippen LogP contribution is 2.34. The van der Waals surface area contributed by atoms with E-state index in [1.807, 2.05) is 54.6 Å². The van der Waals surface area contributed by atoms with Crippen LogP contribution in [-0.4, -0.2) is 10.9 Å². The number of carbonyl (C=O) groups excluding carboxylic acids is 1. The van der Waals surface area contributed by atoms with Gasteiger partial charge in [-0.15, -0.1) is 0 Å². The fraction of sp³-hybridized carbons (Fsp3) is 0.130. The fourth-order valence-electron chi connectivity index (χ4n) is 3.25. The minimum Gasteiger partial charge on any atom is -0.279 e. The maximum Gasteiger partial charge on any atom is 0.261 e. The summed E-state index contributed by atoms with van der Waals surface area (Å²) in [4.78, 5) is 20.0. The van der Waals surface area contributed by atoms with Crippen LogP contribution in [0.4, 0.5) is 5.13 Å². The number of aromatic nitrogens is 1. The lowest BCUT2D eigenvalue weighted by atomic mass is 10.1. The largest absolute Gasteiger partial charge is 0.279 e. The van der Waals surface area contributed by atoms with E-state index in [9.17, 15) is 4.79 Å². The van der Waals surface area contributed by atoms with Crippen LogP contribution in [0.1, 0.15) is 27.0 Å². The molecular weight excluding hydrogens is 432 g/mol. The van der Waals surface area contributed by atoms with Crippen LogP contribution in [0.15, 0.2) is 71.2 Å². The van der Waals surface area contributed by atoms with Crippen molar-refractivity contribution in [1.29, 1.82) is 0 Å². The molecule has 0 aliphatic heterocycles. The molecule has 28 heavy (non-hydrogen) atoms. The molecule has 1 heterocycles. The average molecular weight is 451 g/mol. The first kappa shape index (κ1) is 18.8. The van der Waals surface area contributed by atoms with Gasteiger partial charge in [-0.05, 0) is 64.7 Å². The van der Waals surface area contributed by atoms with Crippen LogP contribution >= 0.6 is 27.3 Å². The Morgan fingerprint density at radius 2 is 1.75 bits per heavy atom. The Hall–Kier alpha value is -2.50. The van der Waals surface area contributed by atoms with Crippen molar-refractivity contribution in [2.24, 2.45) is 0 Å². The summed E-state index contributed by atoms with van der Waals surface area (Å²) in [5, 5.41) is 0.716. The van der Waals surface area contributed by atoms with Gasteiger partial charge in [0.2, 0.25) is 0 Å². The molecule has 3 nitrogen and oxygen atoms in total. The second-order valence-electron chi connectivity index (χ2n) is 6.78. The van der Waals surface area contributed by atoms with Gasteiger partial charge in [-0.2, -0.15) is 0 Å². The van der Waals surface area contributed by atoms with Crippen LogP contribution in [0.5, 0.6) is 0 Å². The number of hydrogen-bond donors (Lipinski definition) is 0. The number of hydrogen-bond acceptors (Lipinski definition) is 3. The summed E-state index contributed by atoms with van der Waals surface area (Å²) in [5.74, 6) is -0.0650. The molecule has 1 amide bonds. The van der Waals surface area contributed by atoms with Gasteiger partial charge < -0.3 is 0 Å². The fourth-order valence-corrected chi connectivity index (χ4v) is 4.72. The number of thiazole rings is 1. The van der Waals surface area contributed by atoms with E-state index in [1.165, 1.54) is 11.1 Å². The summed E-state index contributed by atoms with van der Waals surface area (Å²) in [5.41, 5.74) is 5.00. The quantitative estimate of drug-likeness (QED) is 0.354. The van der Waals surface area contributed by atoms with Crippen molar-refractivity contribution in [2.45, 2.75) is 20.4 Å². The Morgan fingerprint density at radius 1 is 1.04 bits per heavy atom. The zero-order chi connectivity index (χ0) is 19.7. The molecule has 140 valence electrons. The molecule has 4 rings (SSSR count). The Morgan fingerprint density at radius 3 is 2.50 bits per heavy atom. The van der Waals surface area contributed by atoms with Gasteiger partial charge in [0.15, 0.2) is 5.13 Å². The van der Waals surface area contributed by atoms with Crippen molar-refractivity contribution in [2.75, 3.05) is 4.90 Å². The lowest BCUT2D eigenvalue weighted by molar-refractivity contribution is 0.0984. The van der Waals surface area contributed by atoms with E-state index in [4.69, 9.17) is 4.98 Å². The summed E-state index contributed by atoms with van der Waals surface area (Å²) in [6.45, 7) is 4.63. The normalized spacial score (nSPS) is 11.0. The summed E-state index contributed by atoms with van der Waals surface area (Å²) < 4.78 is 1.91. The van der Waals surface area contributed by atoms with Crippen LogP contribution in [-0.2, 0) is 6.54 Å². The molecule has 0 N–H and O–H groups in total. The number of aryl methyl sites for hydroxylation is 2. The number of carbonyl (C=O) groups is 1. The second-order valence-corrected chi connectivity index (χ2v) is 8.62. The summed E-state index contributed by atoms with van der Waals surface area (Å²) in [6, 6.07) is 21.8. The number of rotatable bonds is 4. The summed E-state index contributed by atoms with van der Waals surface area (Å²) >= 11 is 5.08. The average Bonchev–Trinajstić information content (AvgIpc) is 3.11. The topological polar surface area (TPSA) is 33.2 Å². The van der Waals surface area contributed by atoms with E-state index in [1.54, 1.807) is 16.2 Å². The van der Waals surface area contributed by atoms with Gasteiger partial charge in [-0.25, -0.2) is 4.98 Å². The highest BCUT2D eigenvalue weighted by atomic mass is 79.9. The van der Waals surface area contributed by atoms with Crippen LogP contribution in [0.2, 0.25) is 0 Å². The van der Waals surface area contributed by atoms with Crippen molar-refractivity contribution >= 4 is 48.5 Å². The third kappa shape index (κ3) is 3.73. The molecule has 4 aromatic rings. The second kappa shape index (κ2) is 7.86. The minimum absolute atomic E-state index is 0.0650. The Bertz CT molecular complexity index is 1150. The number of amides is 1. The molecule has 5 heteroatoms. The maximum absolute atomic E-state index is 13.5. The monoisotopic (exact) mass is 450 g/mol. The molecule has 0 atom stereocenters. The molecule has 1 aromatic heterocycles. The van der Waals surface area contributed by atoms with Gasteiger partial charge in [0, 0.05) is 4.47 Å². The SMILES string of the molecule is Cc1cc(C)c2sc(N(Cc3ccccc3)C(=O)c3ccccc3Br)nc2c1. The zero-order valence-corrected chi connectivity index (χ0v) is 18.0. The highest BCUT2D eigenvalue weighted by Gasteiger charge is 2.23. The Kier molecular flexibility index (Phi) is 5.29. The molecule has 0 aliphatic rings. The molecular formula is C23H19BrN2OS. The van der Waals surface area contributed by atoms with Crippen molar-refractivity contribution < 1.29 is 4.79 Å². The molecule has 0 unspecified atom stereocenters. The first-order chi connectivity index (χ1) is 13.5. The molecule has 0 bridgehead atoms. The van der Waals surface area contributed by atoms with Crippen LogP contribution in [0.25, 0.3) is 10.2 Å². The Balaban J connectivity index is 1.82. The van der Waals surface area contributed by atoms with Gasteiger partial charge in [-0.1, -0.05) is 59.9 Å². The number of fused-ring (bicyclic) bond motifs is 1. The first-order valence-corrected chi connectivity index (χ1v) is 10.6. The number of halogens is 1. The van der Waals surface area contributed by atoms with Crippen LogP contribution in [0.3, 0.4) is 0 Å². The van der Waals surface area contributed by atoms with Gasteiger partial charge >= 0.3 is 0 Å². The van der Waals surface area contributed by atoms with Crippen molar-refractivity contribution in [3.63, 3.8) is 0 Å². The van der Waals surface area contributed by atoms with Crippen LogP contribution < -0.4 is 4.90 Å². The van der Waals surface area contributed by atoms with Gasteiger partial charge in [0.1, 0.15) is 0 Å². The first-order valence-electron chi connectivity index (χ1n) is 9.01. The maximum atomic E-state index is 13.5. The highest BCUT2D eigenvalue weighted by molar-refractivity contribution is 9.10. The summed E-state index contributed by atoms with van der Waals surface area (Å²) in [7, 11) is 0. The minimum atomic E-state index is -0.0650. The lowest BCUT2D eigenvalue weighted by Crippen LogP contribution is -2.30. The number of nitrogens with zero attached hydrogens (tertiary/aromatic N) is 2. The molecule has 0 saturated carbocycles. The predicted octanol–water partition coefficient (Wildman–Crippen LogP) is 6.52. The predicted molar refractivity (Wildman–Crippen MR) is 120 cm³/mol. The lowest BCUT2D eigenvalue weighted by Gasteiger charge is -2.20. The van der Waals surface area contributed by atoms with Crippen molar-refractivity contribution in [3.8, 4) is 0 Å². The standard InChI is InChI=1S/C23H19BrN2OS/c1-15-12-16(2)21-20(13-15)25-23(28-21)26(14-17-8-4-3-5-9-17)22(27)18-10-6-7-11-19(18)24/h3-13H,14H2,1-2H3. The number of benzene rings is 3. The van der Waals surface area contributed by atoms with E-state index < -0.39 is 0 Å². The molecule has 0 radical (unpaired) electrons. The number of anilines is 1. The zero-order valence-electron chi connectivity index (χ0n) is 15.6. The third-order valence-corrected chi connectivity index (χ3v) is 6.49. The van der Waals surface area contributed by atoms with E-state index in [2.05, 4.69) is 41.9 Å². The van der Waals surface area contributed by atoms with E-state index in [-0.39, 0.29) is 5.91 Å². The molecule has 0 aliphatic carbocycles. The smallest absolute Gasteiger partial charge is 0.261 e. The van der Waals surface area contributed by atoms with Crippen LogP contribution in [0, 0.1) is 13.8 Å². The molecule has 0 fully saturated rings. The Labute approximate surface area is 176 Å². The van der Waals surface area contributed by atoms with Gasteiger partial charge in [0.05, 0.1) is 22.3 Å². The van der Waals surface area contributed by atoms with Gasteiger partial charge in [0.25, 0.3) is 5.91 Å². The van der Waals surface area contributed by atoms with E-state index >= 15 is 0 Å². The summed E-state index contributed by atoms with van der Waals surface area (Å²) in [6.07, 6.45) is 0. The molecule has 0 saturated heterocycles. The third-order valence-electron chi connectivity index (χ3n) is 4.57. The molecule has 3 aromatic carbocycles. The van der Waals surface area contributed by atoms with E-state index in [0.29, 0.717) is 17.2 Å². The van der Waals surface area contributed by atoms with Gasteiger partial charge in [-0.3, -0.25) is 9.69 Å². The van der Waals surface area contributed by atoms with E-state index in [0.717, 1.165) is 20.3 Å².